The third-order valence-electron chi connectivity index (χ3n) is 4.60. The van der Waals surface area contributed by atoms with Crippen LogP contribution >= 0.6 is 0 Å². The minimum atomic E-state index is 0.0592. The first-order chi connectivity index (χ1) is 11.7. The molecule has 3 aromatic rings. The van der Waals surface area contributed by atoms with Crippen molar-refractivity contribution in [1.29, 1.82) is 10.8 Å². The van der Waals surface area contributed by atoms with Crippen LogP contribution in [-0.2, 0) is 0 Å². The van der Waals surface area contributed by atoms with Gasteiger partial charge in [-0.25, -0.2) is 0 Å². The highest BCUT2D eigenvalue weighted by Gasteiger charge is 2.24. The summed E-state index contributed by atoms with van der Waals surface area (Å²) in [5.74, 6) is 1.44. The molecule has 0 aliphatic heterocycles. The van der Waals surface area contributed by atoms with Crippen molar-refractivity contribution >= 4 is 28.7 Å². The van der Waals surface area contributed by atoms with Gasteiger partial charge in [-0.1, -0.05) is 24.3 Å². The Morgan fingerprint density at radius 3 is 2.71 bits per heavy atom. The molecule has 0 bridgehead atoms. The molecule has 1 aliphatic rings. The number of anilines is 2. The van der Waals surface area contributed by atoms with Gasteiger partial charge in [-0.2, -0.15) is 4.98 Å². The third kappa shape index (κ3) is 2.38. The number of hydrogen-bond acceptors (Lipinski definition) is 4. The van der Waals surface area contributed by atoms with Gasteiger partial charge in [0.15, 0.2) is 0 Å². The molecule has 1 aromatic heterocycles. The molecule has 4 rings (SSSR count). The van der Waals surface area contributed by atoms with E-state index < -0.39 is 0 Å². The minimum absolute atomic E-state index is 0.0592. The van der Waals surface area contributed by atoms with Gasteiger partial charge < -0.3 is 4.90 Å². The Balaban J connectivity index is 1.88. The molecule has 0 atom stereocenters. The monoisotopic (exact) mass is 317 g/mol. The number of hydrogen-bond donors (Lipinski definition) is 2. The van der Waals surface area contributed by atoms with E-state index in [4.69, 9.17) is 10.8 Å². The van der Waals surface area contributed by atoms with Crippen molar-refractivity contribution in [3.63, 3.8) is 0 Å². The predicted molar refractivity (Wildman–Crippen MR) is 96.2 cm³/mol. The van der Waals surface area contributed by atoms with E-state index in [1.165, 1.54) is 23.0 Å². The van der Waals surface area contributed by atoms with Gasteiger partial charge in [0, 0.05) is 18.1 Å². The maximum absolute atomic E-state index is 8.14. The highest BCUT2D eigenvalue weighted by Crippen LogP contribution is 2.41. The summed E-state index contributed by atoms with van der Waals surface area (Å²) in [5, 5.41) is 16.6. The van der Waals surface area contributed by atoms with Crippen LogP contribution in [0.15, 0.2) is 48.5 Å². The number of benzene rings is 2. The molecule has 0 radical (unpaired) electrons. The third-order valence-corrected chi connectivity index (χ3v) is 4.60. The van der Waals surface area contributed by atoms with Gasteiger partial charge in [-0.05, 0) is 48.6 Å². The van der Waals surface area contributed by atoms with Gasteiger partial charge in [0.2, 0.25) is 5.62 Å². The molecule has 1 fully saturated rings. The molecule has 0 spiro atoms. The summed E-state index contributed by atoms with van der Waals surface area (Å²) in [6.45, 7) is 0. The molecule has 5 heteroatoms. The van der Waals surface area contributed by atoms with Crippen molar-refractivity contribution in [3.05, 3.63) is 59.7 Å². The highest BCUT2D eigenvalue weighted by molar-refractivity contribution is 5.94. The van der Waals surface area contributed by atoms with Crippen LogP contribution in [0.1, 0.15) is 24.3 Å². The molecular formula is C19H19N5. The fourth-order valence-electron chi connectivity index (χ4n) is 3.11. The molecule has 0 unspecified atom stereocenters. The second-order valence-corrected chi connectivity index (χ2v) is 6.20. The number of para-hydroxylation sites is 1. The first kappa shape index (κ1) is 14.6. The maximum Gasteiger partial charge on any atom is 0.229 e. The first-order valence-electron chi connectivity index (χ1n) is 8.09. The molecule has 1 aliphatic carbocycles. The van der Waals surface area contributed by atoms with Crippen molar-refractivity contribution < 1.29 is 0 Å². The summed E-state index contributed by atoms with van der Waals surface area (Å²) in [5.41, 5.74) is 3.32. The molecule has 0 saturated heterocycles. The van der Waals surface area contributed by atoms with E-state index in [-0.39, 0.29) is 5.62 Å². The molecule has 1 heterocycles. The van der Waals surface area contributed by atoms with E-state index in [0.717, 1.165) is 28.7 Å². The van der Waals surface area contributed by atoms with Crippen LogP contribution < -0.4 is 10.5 Å². The fourth-order valence-corrected chi connectivity index (χ4v) is 3.11. The van der Waals surface area contributed by atoms with Crippen LogP contribution in [0.3, 0.4) is 0 Å². The zero-order valence-corrected chi connectivity index (χ0v) is 13.5. The molecule has 1 saturated carbocycles. The Bertz CT molecular complexity index is 984. The topological polar surface area (TPSA) is 68.8 Å². The quantitative estimate of drug-likeness (QED) is 0.570. The molecule has 2 aromatic carbocycles. The van der Waals surface area contributed by atoms with Gasteiger partial charge >= 0.3 is 0 Å². The van der Waals surface area contributed by atoms with Crippen molar-refractivity contribution in [2.45, 2.75) is 18.8 Å². The van der Waals surface area contributed by atoms with Crippen molar-refractivity contribution in [1.82, 2.24) is 9.55 Å². The van der Waals surface area contributed by atoms with Gasteiger partial charge in [0.05, 0.1) is 11.9 Å². The van der Waals surface area contributed by atoms with Crippen molar-refractivity contribution in [2.24, 2.45) is 0 Å². The lowest BCUT2D eigenvalue weighted by Gasteiger charge is -2.21. The van der Waals surface area contributed by atoms with Crippen LogP contribution in [0.5, 0.6) is 0 Å². The van der Waals surface area contributed by atoms with Crippen LogP contribution in [0.2, 0.25) is 0 Å². The summed E-state index contributed by atoms with van der Waals surface area (Å²) < 4.78 is 1.48. The summed E-state index contributed by atoms with van der Waals surface area (Å²) in [7, 11) is 1.98. The molecular weight excluding hydrogens is 298 g/mol. The standard InChI is InChI=1S/C19H19N5/c1-23(15-6-4-5-14(11-15)13-9-10-13)18-16-7-2-3-8-17(16)24(12-20)19(21)22-18/h2-8,11-13,20-21H,9-10H2,1H3. The molecule has 24 heavy (non-hydrogen) atoms. The summed E-state index contributed by atoms with van der Waals surface area (Å²) in [6.07, 6.45) is 3.68. The lowest BCUT2D eigenvalue weighted by molar-refractivity contribution is 0.915. The van der Waals surface area contributed by atoms with Gasteiger partial charge in [0.25, 0.3) is 0 Å². The lowest BCUT2D eigenvalue weighted by Crippen LogP contribution is -2.26. The molecule has 0 amide bonds. The SMILES string of the molecule is CN(c1cccc(C2CC2)c1)c1nc(=N)n(C=N)c2ccccc12. The van der Waals surface area contributed by atoms with Crippen LogP contribution in [0, 0.1) is 10.8 Å². The maximum atomic E-state index is 8.14. The molecule has 2 N–H and O–H groups in total. The largest absolute Gasteiger partial charge is 0.329 e. The second-order valence-electron chi connectivity index (χ2n) is 6.20. The van der Waals surface area contributed by atoms with E-state index >= 15 is 0 Å². The Kier molecular flexibility index (Phi) is 3.41. The van der Waals surface area contributed by atoms with Gasteiger partial charge in [0.1, 0.15) is 5.82 Å². The highest BCUT2D eigenvalue weighted by atomic mass is 15.2. The van der Waals surface area contributed by atoms with E-state index in [1.54, 1.807) is 0 Å². The number of nitrogens with one attached hydrogen (secondary N) is 2. The Hall–Kier alpha value is -2.95. The summed E-state index contributed by atoms with van der Waals surface area (Å²) in [4.78, 5) is 6.47. The van der Waals surface area contributed by atoms with Crippen LogP contribution in [0.4, 0.5) is 11.5 Å². The van der Waals surface area contributed by atoms with E-state index in [2.05, 4.69) is 29.2 Å². The molecule has 5 nitrogen and oxygen atoms in total. The Morgan fingerprint density at radius 2 is 1.96 bits per heavy atom. The minimum Gasteiger partial charge on any atom is -0.329 e. The first-order valence-corrected chi connectivity index (χ1v) is 8.09. The number of nitrogens with zero attached hydrogens (tertiary/aromatic N) is 3. The normalized spacial score (nSPS) is 13.9. The number of aromatic nitrogens is 2. The Labute approximate surface area is 140 Å². The van der Waals surface area contributed by atoms with Crippen molar-refractivity contribution in [2.75, 3.05) is 11.9 Å². The van der Waals surface area contributed by atoms with Crippen LogP contribution in [0.25, 0.3) is 10.9 Å². The fraction of sp³-hybridized carbons (Fsp3) is 0.211. The summed E-state index contributed by atoms with van der Waals surface area (Å²) in [6, 6.07) is 16.3. The predicted octanol–water partition coefficient (Wildman–Crippen LogP) is 3.62. The smallest absolute Gasteiger partial charge is 0.229 e. The second kappa shape index (κ2) is 5.60. The number of rotatable bonds is 4. The number of fused-ring (bicyclic) bond motifs is 1. The van der Waals surface area contributed by atoms with E-state index in [9.17, 15) is 0 Å². The van der Waals surface area contributed by atoms with Crippen LogP contribution in [-0.4, -0.2) is 22.9 Å². The van der Waals surface area contributed by atoms with Gasteiger partial charge in [-0.3, -0.25) is 15.4 Å². The van der Waals surface area contributed by atoms with Crippen molar-refractivity contribution in [3.8, 4) is 0 Å². The lowest BCUT2D eigenvalue weighted by atomic mass is 10.1. The average molecular weight is 317 g/mol. The Morgan fingerprint density at radius 1 is 1.17 bits per heavy atom. The van der Waals surface area contributed by atoms with E-state index in [1.807, 2.05) is 36.2 Å². The molecule has 120 valence electrons. The zero-order valence-electron chi connectivity index (χ0n) is 13.5. The zero-order chi connectivity index (χ0) is 16.7. The average Bonchev–Trinajstić information content (AvgIpc) is 3.46. The summed E-state index contributed by atoms with van der Waals surface area (Å²) >= 11 is 0. The van der Waals surface area contributed by atoms with E-state index in [0.29, 0.717) is 5.92 Å². The van der Waals surface area contributed by atoms with Gasteiger partial charge in [-0.15, -0.1) is 0 Å².